The molecule has 2 heterocycles. The third-order valence-corrected chi connectivity index (χ3v) is 5.22. The second kappa shape index (κ2) is 11.5. The first-order valence-electron chi connectivity index (χ1n) is 8.81. The Labute approximate surface area is 177 Å². The topological polar surface area (TPSA) is 80.0 Å². The van der Waals surface area contributed by atoms with Gasteiger partial charge in [0, 0.05) is 31.4 Å². The number of hydrogen-bond donors (Lipinski definition) is 2. The van der Waals surface area contributed by atoms with Crippen molar-refractivity contribution in [2.24, 2.45) is 12.0 Å². The standard InChI is InChI=1S/C17H29N7S.HI/c1-6-7-9-18-17(20-11-15-23-22-14(4)24(15)5)19-10-8-16-21-12(2)13(3)25-16;/h6-11H2,1-5H3,(H2,18,19,20);1H. The molecule has 146 valence electrons. The van der Waals surface area contributed by atoms with E-state index >= 15 is 0 Å². The highest BCUT2D eigenvalue weighted by Crippen LogP contribution is 2.16. The molecule has 2 N–H and O–H groups in total. The summed E-state index contributed by atoms with van der Waals surface area (Å²) in [6, 6.07) is 0. The van der Waals surface area contributed by atoms with E-state index in [-0.39, 0.29) is 24.0 Å². The number of unbranched alkanes of at least 4 members (excludes halogenated alkanes) is 1. The minimum Gasteiger partial charge on any atom is -0.356 e. The first kappa shape index (κ1) is 22.8. The zero-order valence-electron chi connectivity index (χ0n) is 16.3. The van der Waals surface area contributed by atoms with Crippen LogP contribution in [0.1, 0.15) is 47.0 Å². The molecule has 0 bridgehead atoms. The second-order valence-electron chi connectivity index (χ2n) is 6.09. The number of nitrogens with zero attached hydrogens (tertiary/aromatic N) is 5. The molecular weight excluding hydrogens is 461 g/mol. The fraction of sp³-hybridized carbons (Fsp3) is 0.647. The molecule has 0 radical (unpaired) electrons. The van der Waals surface area contributed by atoms with Crippen LogP contribution in [0.25, 0.3) is 0 Å². The molecule has 2 aromatic heterocycles. The number of aromatic nitrogens is 4. The summed E-state index contributed by atoms with van der Waals surface area (Å²) >= 11 is 1.77. The highest BCUT2D eigenvalue weighted by atomic mass is 127. The summed E-state index contributed by atoms with van der Waals surface area (Å²) < 4.78 is 1.97. The summed E-state index contributed by atoms with van der Waals surface area (Å²) in [7, 11) is 1.96. The van der Waals surface area contributed by atoms with Crippen LogP contribution in [-0.2, 0) is 20.0 Å². The molecular formula is C17H30IN7S. The van der Waals surface area contributed by atoms with Gasteiger partial charge in [-0.25, -0.2) is 9.98 Å². The number of nitrogens with one attached hydrogen (secondary N) is 2. The van der Waals surface area contributed by atoms with E-state index in [0.29, 0.717) is 6.54 Å². The van der Waals surface area contributed by atoms with E-state index in [2.05, 4.69) is 51.6 Å². The molecule has 0 spiro atoms. The predicted molar refractivity (Wildman–Crippen MR) is 118 cm³/mol. The average Bonchev–Trinajstić information content (AvgIpc) is 3.07. The van der Waals surface area contributed by atoms with E-state index in [1.54, 1.807) is 11.3 Å². The Morgan fingerprint density at radius 1 is 1.15 bits per heavy atom. The maximum absolute atomic E-state index is 4.65. The highest BCUT2D eigenvalue weighted by molar-refractivity contribution is 14.0. The quantitative estimate of drug-likeness (QED) is 0.257. The Morgan fingerprint density at radius 3 is 2.46 bits per heavy atom. The SMILES string of the molecule is CCCCNC(=NCc1nnc(C)n1C)NCCc1nc(C)c(C)s1.I. The van der Waals surface area contributed by atoms with E-state index < -0.39 is 0 Å². The van der Waals surface area contributed by atoms with Crippen LogP contribution in [0.3, 0.4) is 0 Å². The lowest BCUT2D eigenvalue weighted by atomic mass is 10.3. The molecule has 0 atom stereocenters. The largest absolute Gasteiger partial charge is 0.356 e. The number of aliphatic imine (C=N–C) groups is 1. The molecule has 26 heavy (non-hydrogen) atoms. The van der Waals surface area contributed by atoms with Crippen molar-refractivity contribution in [3.8, 4) is 0 Å². The zero-order valence-corrected chi connectivity index (χ0v) is 19.4. The summed E-state index contributed by atoms with van der Waals surface area (Å²) in [4.78, 5) is 10.5. The van der Waals surface area contributed by atoms with Gasteiger partial charge in [0.2, 0.25) is 0 Å². The van der Waals surface area contributed by atoms with Crippen LogP contribution in [0, 0.1) is 20.8 Å². The second-order valence-corrected chi connectivity index (χ2v) is 7.38. The van der Waals surface area contributed by atoms with Gasteiger partial charge in [-0.05, 0) is 27.2 Å². The van der Waals surface area contributed by atoms with Crippen molar-refractivity contribution in [3.05, 3.63) is 27.2 Å². The zero-order chi connectivity index (χ0) is 18.2. The van der Waals surface area contributed by atoms with Crippen LogP contribution in [0.4, 0.5) is 0 Å². The molecule has 9 heteroatoms. The van der Waals surface area contributed by atoms with Crippen molar-refractivity contribution < 1.29 is 0 Å². The number of halogens is 1. The fourth-order valence-corrected chi connectivity index (χ4v) is 3.16. The first-order chi connectivity index (χ1) is 12.0. The van der Waals surface area contributed by atoms with Gasteiger partial charge in [-0.1, -0.05) is 13.3 Å². The Morgan fingerprint density at radius 2 is 1.88 bits per heavy atom. The van der Waals surface area contributed by atoms with Crippen molar-refractivity contribution in [1.82, 2.24) is 30.4 Å². The normalized spacial score (nSPS) is 11.3. The maximum Gasteiger partial charge on any atom is 0.191 e. The van der Waals surface area contributed by atoms with Crippen LogP contribution in [0.5, 0.6) is 0 Å². The van der Waals surface area contributed by atoms with Gasteiger partial charge in [0.25, 0.3) is 0 Å². The molecule has 0 saturated carbocycles. The van der Waals surface area contributed by atoms with E-state index in [4.69, 9.17) is 0 Å². The van der Waals surface area contributed by atoms with E-state index in [1.807, 2.05) is 18.5 Å². The monoisotopic (exact) mass is 491 g/mol. The van der Waals surface area contributed by atoms with E-state index in [0.717, 1.165) is 55.7 Å². The Hall–Kier alpha value is -1.23. The van der Waals surface area contributed by atoms with Gasteiger partial charge in [-0.3, -0.25) is 0 Å². The third-order valence-electron chi connectivity index (χ3n) is 4.09. The third kappa shape index (κ3) is 6.82. The maximum atomic E-state index is 4.65. The van der Waals surface area contributed by atoms with Crippen LogP contribution in [-0.4, -0.2) is 38.8 Å². The lowest BCUT2D eigenvalue weighted by molar-refractivity contribution is 0.713. The molecule has 0 amide bonds. The van der Waals surface area contributed by atoms with Crippen LogP contribution in [0.2, 0.25) is 0 Å². The minimum atomic E-state index is 0. The molecule has 0 aliphatic carbocycles. The van der Waals surface area contributed by atoms with Crippen molar-refractivity contribution >= 4 is 41.3 Å². The number of thiazole rings is 1. The number of rotatable bonds is 8. The highest BCUT2D eigenvalue weighted by Gasteiger charge is 2.06. The van der Waals surface area contributed by atoms with Crippen molar-refractivity contribution in [2.75, 3.05) is 13.1 Å². The summed E-state index contributed by atoms with van der Waals surface area (Å²) in [5, 5.41) is 16.2. The van der Waals surface area contributed by atoms with Gasteiger partial charge in [0.05, 0.1) is 10.7 Å². The predicted octanol–water partition coefficient (Wildman–Crippen LogP) is 2.89. The van der Waals surface area contributed by atoms with Crippen LogP contribution < -0.4 is 10.6 Å². The van der Waals surface area contributed by atoms with Crippen molar-refractivity contribution in [1.29, 1.82) is 0 Å². The number of hydrogen-bond acceptors (Lipinski definition) is 5. The van der Waals surface area contributed by atoms with Gasteiger partial charge < -0.3 is 15.2 Å². The Balaban J connectivity index is 0.00000338. The summed E-state index contributed by atoms with van der Waals surface area (Å²) in [5.41, 5.74) is 1.13. The lowest BCUT2D eigenvalue weighted by Crippen LogP contribution is -2.39. The molecule has 0 aromatic carbocycles. The van der Waals surface area contributed by atoms with Crippen LogP contribution >= 0.6 is 35.3 Å². The molecule has 0 saturated heterocycles. The molecule has 7 nitrogen and oxygen atoms in total. The molecule has 0 aliphatic rings. The summed E-state index contributed by atoms with van der Waals surface area (Å²) in [5.74, 6) is 2.58. The summed E-state index contributed by atoms with van der Waals surface area (Å²) in [6.07, 6.45) is 3.17. The average molecular weight is 491 g/mol. The summed E-state index contributed by atoms with van der Waals surface area (Å²) in [6.45, 7) is 10.5. The molecule has 0 fully saturated rings. The van der Waals surface area contributed by atoms with Gasteiger partial charge >= 0.3 is 0 Å². The minimum absolute atomic E-state index is 0. The smallest absolute Gasteiger partial charge is 0.191 e. The molecule has 2 rings (SSSR count). The molecule has 2 aromatic rings. The van der Waals surface area contributed by atoms with E-state index in [9.17, 15) is 0 Å². The Bertz CT molecular complexity index is 689. The van der Waals surface area contributed by atoms with Gasteiger partial charge in [0.1, 0.15) is 12.4 Å². The fourth-order valence-electron chi connectivity index (χ4n) is 2.23. The van der Waals surface area contributed by atoms with E-state index in [1.165, 1.54) is 9.88 Å². The van der Waals surface area contributed by atoms with Crippen LogP contribution in [0.15, 0.2) is 4.99 Å². The number of guanidine groups is 1. The van der Waals surface area contributed by atoms with Crippen molar-refractivity contribution in [2.45, 2.75) is 53.5 Å². The lowest BCUT2D eigenvalue weighted by Gasteiger charge is -2.12. The number of aryl methyl sites for hydroxylation is 3. The van der Waals surface area contributed by atoms with Gasteiger partial charge in [-0.2, -0.15) is 0 Å². The van der Waals surface area contributed by atoms with Crippen molar-refractivity contribution in [3.63, 3.8) is 0 Å². The first-order valence-corrected chi connectivity index (χ1v) is 9.62. The molecule has 0 unspecified atom stereocenters. The van der Waals surface area contributed by atoms with Gasteiger partial charge in [-0.15, -0.1) is 45.5 Å². The van der Waals surface area contributed by atoms with Gasteiger partial charge in [0.15, 0.2) is 11.8 Å². The molecule has 0 aliphatic heterocycles. The Kier molecular flexibility index (Phi) is 10.1.